The van der Waals surface area contributed by atoms with Crippen LogP contribution in [0.25, 0.3) is 10.9 Å². The summed E-state index contributed by atoms with van der Waals surface area (Å²) in [6.45, 7) is 2.69. The average molecular weight is 390 g/mol. The van der Waals surface area contributed by atoms with E-state index in [-0.39, 0.29) is 24.0 Å². The highest BCUT2D eigenvalue weighted by atomic mass is 19.2. The number of methoxy groups -OCH3 is 1. The smallest absolute Gasteiger partial charge is 0.331 e. The molecule has 0 spiro atoms. The van der Waals surface area contributed by atoms with Gasteiger partial charge in [0.15, 0.2) is 11.6 Å². The molecule has 0 atom stereocenters. The Morgan fingerprint density at radius 2 is 1.64 bits per heavy atom. The molecule has 1 N–H and O–H groups in total. The fourth-order valence-electron chi connectivity index (χ4n) is 3.00. The number of halogens is 2. The van der Waals surface area contributed by atoms with Gasteiger partial charge < -0.3 is 9.84 Å². The molecular formula is C20H20F2N2O4. The molecule has 6 nitrogen and oxygen atoms in total. The lowest BCUT2D eigenvalue weighted by atomic mass is 10.1. The van der Waals surface area contributed by atoms with Crippen LogP contribution in [0.1, 0.15) is 19.4 Å². The Morgan fingerprint density at radius 1 is 1.04 bits per heavy atom. The number of rotatable bonds is 5. The fourth-order valence-corrected chi connectivity index (χ4v) is 3.00. The van der Waals surface area contributed by atoms with E-state index in [1.54, 1.807) is 24.3 Å². The second-order valence-electron chi connectivity index (χ2n) is 7.20. The predicted molar refractivity (Wildman–Crippen MR) is 101 cm³/mol. The molecule has 2 aromatic carbocycles. The van der Waals surface area contributed by atoms with Crippen LogP contribution >= 0.6 is 0 Å². The van der Waals surface area contributed by atoms with E-state index in [0.29, 0.717) is 11.3 Å². The van der Waals surface area contributed by atoms with Crippen LogP contribution in [0.4, 0.5) is 8.78 Å². The number of ether oxygens (including phenoxy) is 1. The molecule has 0 radical (unpaired) electrons. The van der Waals surface area contributed by atoms with Gasteiger partial charge >= 0.3 is 5.69 Å². The van der Waals surface area contributed by atoms with E-state index < -0.39 is 28.5 Å². The SMILES string of the molecule is COc1ccc(Cn2c(=O)c3cc(F)c(F)cc3n(CC(C)(C)O)c2=O)cc1. The minimum atomic E-state index is -1.32. The van der Waals surface area contributed by atoms with Crippen molar-refractivity contribution in [2.45, 2.75) is 32.5 Å². The predicted octanol–water partition coefficient (Wildman–Crippen LogP) is 2.27. The summed E-state index contributed by atoms with van der Waals surface area (Å²) < 4.78 is 34.6. The Hall–Kier alpha value is -3.00. The number of aromatic nitrogens is 2. The molecule has 0 bridgehead atoms. The molecule has 1 aromatic heterocycles. The minimum Gasteiger partial charge on any atom is -0.497 e. The Kier molecular flexibility index (Phi) is 5.08. The number of nitrogens with zero attached hydrogens (tertiary/aromatic N) is 2. The number of hydrogen-bond acceptors (Lipinski definition) is 4. The number of benzene rings is 2. The lowest BCUT2D eigenvalue weighted by Gasteiger charge is -2.21. The topological polar surface area (TPSA) is 73.5 Å². The largest absolute Gasteiger partial charge is 0.497 e. The number of fused-ring (bicyclic) bond motifs is 1. The summed E-state index contributed by atoms with van der Waals surface area (Å²) >= 11 is 0. The second-order valence-corrected chi connectivity index (χ2v) is 7.20. The van der Waals surface area contributed by atoms with Crippen molar-refractivity contribution in [3.8, 4) is 5.75 Å². The zero-order valence-electron chi connectivity index (χ0n) is 15.7. The maximum atomic E-state index is 13.8. The summed E-state index contributed by atoms with van der Waals surface area (Å²) in [5.74, 6) is -1.75. The lowest BCUT2D eigenvalue weighted by Crippen LogP contribution is -2.43. The monoisotopic (exact) mass is 390 g/mol. The first kappa shape index (κ1) is 19.8. The van der Waals surface area contributed by atoms with Crippen molar-refractivity contribution >= 4 is 10.9 Å². The van der Waals surface area contributed by atoms with E-state index in [0.717, 1.165) is 21.3 Å². The standard InChI is InChI=1S/C20H20F2N2O4/c1-20(2,27)11-24-17-9-16(22)15(21)8-14(17)18(25)23(19(24)26)10-12-4-6-13(28-3)7-5-12/h4-9,27H,10-11H2,1-3H3. The molecule has 3 rings (SSSR count). The van der Waals surface area contributed by atoms with Gasteiger partial charge in [-0.3, -0.25) is 13.9 Å². The molecule has 0 aliphatic heterocycles. The molecule has 1 heterocycles. The van der Waals surface area contributed by atoms with Gasteiger partial charge in [-0.2, -0.15) is 0 Å². The van der Waals surface area contributed by atoms with Gasteiger partial charge in [0.2, 0.25) is 0 Å². The third kappa shape index (κ3) is 3.82. The molecule has 0 amide bonds. The molecule has 0 unspecified atom stereocenters. The van der Waals surface area contributed by atoms with Crippen LogP contribution in [0.15, 0.2) is 46.0 Å². The van der Waals surface area contributed by atoms with Gasteiger partial charge in [-0.05, 0) is 37.6 Å². The van der Waals surface area contributed by atoms with Crippen LogP contribution in [0.5, 0.6) is 5.75 Å². The first-order valence-corrected chi connectivity index (χ1v) is 8.58. The van der Waals surface area contributed by atoms with E-state index in [4.69, 9.17) is 4.74 Å². The molecule has 8 heteroatoms. The van der Waals surface area contributed by atoms with Crippen LogP contribution in [0, 0.1) is 11.6 Å². The summed E-state index contributed by atoms with van der Waals surface area (Å²) in [7, 11) is 1.52. The van der Waals surface area contributed by atoms with Crippen LogP contribution < -0.4 is 16.0 Å². The Bertz CT molecular complexity index is 1140. The van der Waals surface area contributed by atoms with Crippen LogP contribution in [0.3, 0.4) is 0 Å². The van der Waals surface area contributed by atoms with Crippen molar-refractivity contribution in [2.75, 3.05) is 7.11 Å². The molecule has 0 aliphatic carbocycles. The van der Waals surface area contributed by atoms with E-state index in [2.05, 4.69) is 0 Å². The van der Waals surface area contributed by atoms with E-state index in [1.165, 1.54) is 21.0 Å². The summed E-state index contributed by atoms with van der Waals surface area (Å²) in [6.07, 6.45) is 0. The Labute approximate surface area is 159 Å². The summed E-state index contributed by atoms with van der Waals surface area (Å²) in [5.41, 5.74) is -2.19. The highest BCUT2D eigenvalue weighted by Gasteiger charge is 2.21. The van der Waals surface area contributed by atoms with Gasteiger partial charge in [-0.25, -0.2) is 13.6 Å². The maximum absolute atomic E-state index is 13.8. The van der Waals surface area contributed by atoms with Crippen LogP contribution in [-0.4, -0.2) is 27.0 Å². The molecule has 148 valence electrons. The number of aliphatic hydroxyl groups is 1. The van der Waals surface area contributed by atoms with Gasteiger partial charge in [-0.15, -0.1) is 0 Å². The number of hydrogen-bond donors (Lipinski definition) is 1. The van der Waals surface area contributed by atoms with Crippen molar-refractivity contribution in [1.82, 2.24) is 9.13 Å². The average Bonchev–Trinajstić information content (AvgIpc) is 2.64. The van der Waals surface area contributed by atoms with Crippen molar-refractivity contribution in [2.24, 2.45) is 0 Å². The van der Waals surface area contributed by atoms with Crippen molar-refractivity contribution in [3.63, 3.8) is 0 Å². The van der Waals surface area contributed by atoms with Gasteiger partial charge in [-0.1, -0.05) is 12.1 Å². The first-order valence-electron chi connectivity index (χ1n) is 8.58. The fraction of sp³-hybridized carbons (Fsp3) is 0.300. The lowest BCUT2D eigenvalue weighted by molar-refractivity contribution is 0.0610. The highest BCUT2D eigenvalue weighted by molar-refractivity contribution is 5.78. The summed E-state index contributed by atoms with van der Waals surface area (Å²) in [4.78, 5) is 25.8. The van der Waals surface area contributed by atoms with Crippen LogP contribution in [-0.2, 0) is 13.1 Å². The molecule has 0 saturated heterocycles. The van der Waals surface area contributed by atoms with E-state index >= 15 is 0 Å². The van der Waals surface area contributed by atoms with Crippen LogP contribution in [0.2, 0.25) is 0 Å². The Balaban J connectivity index is 2.25. The zero-order valence-corrected chi connectivity index (χ0v) is 15.7. The third-order valence-electron chi connectivity index (χ3n) is 4.31. The molecule has 0 aliphatic rings. The normalized spacial score (nSPS) is 11.8. The molecule has 28 heavy (non-hydrogen) atoms. The highest BCUT2D eigenvalue weighted by Crippen LogP contribution is 2.17. The maximum Gasteiger partial charge on any atom is 0.331 e. The van der Waals surface area contributed by atoms with Gasteiger partial charge in [0.1, 0.15) is 5.75 Å². The van der Waals surface area contributed by atoms with Crippen molar-refractivity contribution in [1.29, 1.82) is 0 Å². The van der Waals surface area contributed by atoms with E-state index in [1.807, 2.05) is 0 Å². The molecular weight excluding hydrogens is 370 g/mol. The molecule has 3 aromatic rings. The van der Waals surface area contributed by atoms with Gasteiger partial charge in [0.05, 0.1) is 36.7 Å². The summed E-state index contributed by atoms with van der Waals surface area (Å²) in [5, 5.41) is 10.0. The quantitative estimate of drug-likeness (QED) is 0.725. The third-order valence-corrected chi connectivity index (χ3v) is 4.31. The zero-order chi connectivity index (χ0) is 20.6. The van der Waals surface area contributed by atoms with Crippen molar-refractivity contribution < 1.29 is 18.6 Å². The minimum absolute atomic E-state index is 0.0670. The molecule has 0 fully saturated rings. The van der Waals surface area contributed by atoms with E-state index in [9.17, 15) is 23.5 Å². The van der Waals surface area contributed by atoms with Crippen molar-refractivity contribution in [3.05, 3.63) is 74.4 Å². The second kappa shape index (κ2) is 7.20. The summed E-state index contributed by atoms with van der Waals surface area (Å²) in [6, 6.07) is 8.34. The van der Waals surface area contributed by atoms with Gasteiger partial charge in [0, 0.05) is 6.07 Å². The first-order chi connectivity index (χ1) is 13.1. The molecule has 0 saturated carbocycles. The van der Waals surface area contributed by atoms with Gasteiger partial charge in [0.25, 0.3) is 5.56 Å². The Morgan fingerprint density at radius 3 is 2.21 bits per heavy atom.